The van der Waals surface area contributed by atoms with Crippen LogP contribution in [0.2, 0.25) is 0 Å². The third kappa shape index (κ3) is 7.82. The summed E-state index contributed by atoms with van der Waals surface area (Å²) in [5.41, 5.74) is 0. The molecule has 0 fully saturated rings. The van der Waals surface area contributed by atoms with Gasteiger partial charge in [-0.1, -0.05) is 26.7 Å². The highest BCUT2D eigenvalue weighted by molar-refractivity contribution is 5.84. The first kappa shape index (κ1) is 17.9. The van der Waals surface area contributed by atoms with Gasteiger partial charge in [0.15, 0.2) is 0 Å². The fourth-order valence-electron chi connectivity index (χ4n) is 2.08. The van der Waals surface area contributed by atoms with E-state index in [1.807, 2.05) is 13.8 Å². The molecular weight excluding hydrogens is 246 g/mol. The summed E-state index contributed by atoms with van der Waals surface area (Å²) in [5.74, 6) is -1.18. The Balaban J connectivity index is 4.37. The Kier molecular flexibility index (Phi) is 10.2. The summed E-state index contributed by atoms with van der Waals surface area (Å²) < 4.78 is 4.90. The van der Waals surface area contributed by atoms with Gasteiger partial charge in [0.2, 0.25) is 5.91 Å². The first-order chi connectivity index (χ1) is 9.06. The highest BCUT2D eigenvalue weighted by Crippen LogP contribution is 2.14. The van der Waals surface area contributed by atoms with Crippen LogP contribution in [-0.4, -0.2) is 36.7 Å². The molecule has 2 N–H and O–H groups in total. The van der Waals surface area contributed by atoms with E-state index in [9.17, 15) is 9.59 Å². The molecule has 0 aliphatic carbocycles. The van der Waals surface area contributed by atoms with E-state index in [1.54, 1.807) is 7.11 Å². The Bertz CT molecular complexity index is 262. The number of aliphatic carboxylic acids is 1. The van der Waals surface area contributed by atoms with Gasteiger partial charge in [0.1, 0.15) is 6.04 Å². The van der Waals surface area contributed by atoms with E-state index in [4.69, 9.17) is 9.84 Å². The quantitative estimate of drug-likeness (QED) is 0.566. The molecule has 0 aromatic carbocycles. The summed E-state index contributed by atoms with van der Waals surface area (Å²) >= 11 is 0. The number of hydrogen-bond donors (Lipinski definition) is 2. The molecule has 112 valence electrons. The molecule has 1 atom stereocenters. The highest BCUT2D eigenvalue weighted by Gasteiger charge is 2.23. The zero-order chi connectivity index (χ0) is 14.7. The summed E-state index contributed by atoms with van der Waals surface area (Å²) in [6, 6.07) is -0.807. The van der Waals surface area contributed by atoms with Crippen molar-refractivity contribution in [2.24, 2.45) is 5.92 Å². The number of carbonyl (C=O) groups is 2. The summed E-state index contributed by atoms with van der Waals surface area (Å²) in [4.78, 5) is 23.2. The van der Waals surface area contributed by atoms with E-state index in [-0.39, 0.29) is 11.8 Å². The molecule has 0 saturated carbocycles. The smallest absolute Gasteiger partial charge is 0.326 e. The molecule has 19 heavy (non-hydrogen) atoms. The molecule has 1 unspecified atom stereocenters. The van der Waals surface area contributed by atoms with Crippen LogP contribution in [0.15, 0.2) is 0 Å². The predicted molar refractivity (Wildman–Crippen MR) is 74.0 cm³/mol. The van der Waals surface area contributed by atoms with Gasteiger partial charge in [0, 0.05) is 19.6 Å². The zero-order valence-corrected chi connectivity index (χ0v) is 12.3. The van der Waals surface area contributed by atoms with Gasteiger partial charge >= 0.3 is 5.97 Å². The Labute approximate surface area is 115 Å². The molecule has 0 rings (SSSR count). The fourth-order valence-corrected chi connectivity index (χ4v) is 2.08. The van der Waals surface area contributed by atoms with Gasteiger partial charge in [-0.25, -0.2) is 4.79 Å². The molecular formula is C14H27NO4. The number of ether oxygens (including phenoxy) is 1. The number of carbonyl (C=O) groups excluding carboxylic acids is 1. The lowest BCUT2D eigenvalue weighted by atomic mass is 9.96. The monoisotopic (exact) mass is 273 g/mol. The first-order valence-electron chi connectivity index (χ1n) is 7.08. The maximum Gasteiger partial charge on any atom is 0.326 e. The normalized spacial score (nSPS) is 12.4. The van der Waals surface area contributed by atoms with E-state index in [2.05, 4.69) is 5.32 Å². The lowest BCUT2D eigenvalue weighted by Crippen LogP contribution is -2.43. The van der Waals surface area contributed by atoms with Crippen molar-refractivity contribution in [3.8, 4) is 0 Å². The number of amides is 1. The van der Waals surface area contributed by atoms with Crippen LogP contribution in [0.4, 0.5) is 0 Å². The number of carboxylic acid groups (broad SMARTS) is 1. The average molecular weight is 273 g/mol. The molecule has 5 heteroatoms. The average Bonchev–Trinajstić information content (AvgIpc) is 2.37. The van der Waals surface area contributed by atoms with Crippen molar-refractivity contribution in [2.75, 3.05) is 13.7 Å². The minimum absolute atomic E-state index is 0.0701. The molecule has 1 amide bonds. The van der Waals surface area contributed by atoms with Crippen molar-refractivity contribution in [1.82, 2.24) is 5.32 Å². The van der Waals surface area contributed by atoms with Gasteiger partial charge in [-0.3, -0.25) is 4.79 Å². The first-order valence-corrected chi connectivity index (χ1v) is 7.08. The van der Waals surface area contributed by atoms with E-state index in [0.29, 0.717) is 19.4 Å². The van der Waals surface area contributed by atoms with E-state index in [0.717, 1.165) is 25.7 Å². The van der Waals surface area contributed by atoms with Crippen molar-refractivity contribution in [3.63, 3.8) is 0 Å². The van der Waals surface area contributed by atoms with Gasteiger partial charge in [0.25, 0.3) is 0 Å². The third-order valence-electron chi connectivity index (χ3n) is 3.10. The van der Waals surface area contributed by atoms with E-state index >= 15 is 0 Å². The molecule has 0 aromatic rings. The van der Waals surface area contributed by atoms with Crippen molar-refractivity contribution >= 4 is 11.9 Å². The Morgan fingerprint density at radius 2 is 1.74 bits per heavy atom. The highest BCUT2D eigenvalue weighted by atomic mass is 16.5. The Morgan fingerprint density at radius 1 is 1.16 bits per heavy atom. The molecule has 0 bridgehead atoms. The van der Waals surface area contributed by atoms with Crippen LogP contribution in [-0.2, 0) is 14.3 Å². The van der Waals surface area contributed by atoms with Gasteiger partial charge in [0.05, 0.1) is 0 Å². The third-order valence-corrected chi connectivity index (χ3v) is 3.10. The van der Waals surface area contributed by atoms with E-state index < -0.39 is 12.0 Å². The maximum atomic E-state index is 12.1. The van der Waals surface area contributed by atoms with Crippen LogP contribution in [0.25, 0.3) is 0 Å². The lowest BCUT2D eigenvalue weighted by Gasteiger charge is -2.19. The van der Waals surface area contributed by atoms with Crippen molar-refractivity contribution < 1.29 is 19.4 Å². The second kappa shape index (κ2) is 10.8. The molecule has 5 nitrogen and oxygen atoms in total. The van der Waals surface area contributed by atoms with E-state index in [1.165, 1.54) is 0 Å². The number of nitrogens with one attached hydrogen (secondary N) is 1. The SMILES string of the molecule is CCCC(CCC)C(=O)NC(CCCOC)C(=O)O. The molecule has 0 radical (unpaired) electrons. The van der Waals surface area contributed by atoms with Gasteiger partial charge in [-0.2, -0.15) is 0 Å². The molecule has 0 aromatic heterocycles. The van der Waals surface area contributed by atoms with Crippen LogP contribution < -0.4 is 5.32 Å². The lowest BCUT2D eigenvalue weighted by molar-refractivity contribution is -0.142. The topological polar surface area (TPSA) is 75.6 Å². The Morgan fingerprint density at radius 3 is 2.16 bits per heavy atom. The minimum atomic E-state index is -0.976. The minimum Gasteiger partial charge on any atom is -0.480 e. The summed E-state index contributed by atoms with van der Waals surface area (Å²) in [5, 5.41) is 11.8. The van der Waals surface area contributed by atoms with Crippen LogP contribution in [0.1, 0.15) is 52.4 Å². The molecule has 0 saturated heterocycles. The van der Waals surface area contributed by atoms with Crippen molar-refractivity contribution in [1.29, 1.82) is 0 Å². The number of methoxy groups -OCH3 is 1. The van der Waals surface area contributed by atoms with Crippen LogP contribution in [0.3, 0.4) is 0 Å². The van der Waals surface area contributed by atoms with Crippen LogP contribution in [0, 0.1) is 5.92 Å². The predicted octanol–water partition coefficient (Wildman–Crippen LogP) is 2.20. The summed E-state index contributed by atoms with van der Waals surface area (Å²) in [6.07, 6.45) is 4.51. The summed E-state index contributed by atoms with van der Waals surface area (Å²) in [6.45, 7) is 4.57. The zero-order valence-electron chi connectivity index (χ0n) is 12.3. The second-order valence-corrected chi connectivity index (χ2v) is 4.81. The molecule has 0 heterocycles. The largest absolute Gasteiger partial charge is 0.480 e. The molecule has 0 spiro atoms. The van der Waals surface area contributed by atoms with Crippen molar-refractivity contribution in [3.05, 3.63) is 0 Å². The summed E-state index contributed by atoms with van der Waals surface area (Å²) in [7, 11) is 1.58. The second-order valence-electron chi connectivity index (χ2n) is 4.81. The number of carboxylic acids is 1. The van der Waals surface area contributed by atoms with Crippen LogP contribution >= 0.6 is 0 Å². The Hall–Kier alpha value is -1.10. The number of rotatable bonds is 11. The van der Waals surface area contributed by atoms with Gasteiger partial charge < -0.3 is 15.2 Å². The maximum absolute atomic E-state index is 12.1. The van der Waals surface area contributed by atoms with Gasteiger partial charge in [-0.05, 0) is 25.7 Å². The standard InChI is InChI=1S/C14H27NO4/c1-4-7-11(8-5-2)13(16)15-12(14(17)18)9-6-10-19-3/h11-12H,4-10H2,1-3H3,(H,15,16)(H,17,18). The van der Waals surface area contributed by atoms with Crippen molar-refractivity contribution in [2.45, 2.75) is 58.4 Å². The number of hydrogen-bond acceptors (Lipinski definition) is 3. The molecule has 0 aliphatic heterocycles. The fraction of sp³-hybridized carbons (Fsp3) is 0.857. The molecule has 0 aliphatic rings. The van der Waals surface area contributed by atoms with Crippen LogP contribution in [0.5, 0.6) is 0 Å². The van der Waals surface area contributed by atoms with Gasteiger partial charge in [-0.15, -0.1) is 0 Å².